The van der Waals surface area contributed by atoms with Gasteiger partial charge in [0, 0.05) is 0 Å². The van der Waals surface area contributed by atoms with Crippen molar-refractivity contribution in [1.29, 1.82) is 0 Å². The molecular formula is C16H32NO3P. The van der Waals surface area contributed by atoms with Crippen LogP contribution in [0.2, 0.25) is 0 Å². The Labute approximate surface area is 129 Å². The van der Waals surface area contributed by atoms with Gasteiger partial charge in [-0.3, -0.25) is 4.57 Å². The summed E-state index contributed by atoms with van der Waals surface area (Å²) in [5, 5.41) is 0. The lowest BCUT2D eigenvalue weighted by Crippen LogP contribution is -2.21. The van der Waals surface area contributed by atoms with Crippen molar-refractivity contribution in [1.82, 2.24) is 0 Å². The van der Waals surface area contributed by atoms with Gasteiger partial charge in [-0.05, 0) is 45.1 Å². The van der Waals surface area contributed by atoms with E-state index < -0.39 is 7.60 Å². The van der Waals surface area contributed by atoms with Crippen LogP contribution in [-0.2, 0) is 13.6 Å². The van der Waals surface area contributed by atoms with Gasteiger partial charge < -0.3 is 14.8 Å². The highest BCUT2D eigenvalue weighted by Crippen LogP contribution is 2.53. The fourth-order valence-corrected chi connectivity index (χ4v) is 5.58. The molecule has 0 aromatic rings. The highest BCUT2D eigenvalue weighted by atomic mass is 31.2. The van der Waals surface area contributed by atoms with Crippen LogP contribution in [0.5, 0.6) is 0 Å². The van der Waals surface area contributed by atoms with Gasteiger partial charge >= 0.3 is 7.60 Å². The van der Waals surface area contributed by atoms with Gasteiger partial charge in [0.1, 0.15) is 0 Å². The Morgan fingerprint density at radius 1 is 0.810 bits per heavy atom. The Morgan fingerprint density at radius 2 is 1.29 bits per heavy atom. The number of nitrogens with two attached hydrogens (primary N) is 1. The Bertz CT molecular complexity index is 301. The molecule has 0 amide bonds. The molecule has 5 heteroatoms. The van der Waals surface area contributed by atoms with Gasteiger partial charge in [0.2, 0.25) is 0 Å². The van der Waals surface area contributed by atoms with Crippen molar-refractivity contribution < 1.29 is 13.6 Å². The van der Waals surface area contributed by atoms with Crippen LogP contribution in [0.3, 0.4) is 0 Å². The van der Waals surface area contributed by atoms with Crippen molar-refractivity contribution in [2.75, 3.05) is 12.7 Å². The van der Waals surface area contributed by atoms with Crippen molar-refractivity contribution in [3.8, 4) is 0 Å². The zero-order valence-electron chi connectivity index (χ0n) is 13.3. The Morgan fingerprint density at radius 3 is 1.71 bits per heavy atom. The molecule has 0 saturated heterocycles. The Hall–Kier alpha value is 0.110. The molecule has 2 aliphatic carbocycles. The van der Waals surface area contributed by atoms with Gasteiger partial charge in [-0.2, -0.15) is 0 Å². The molecule has 2 N–H and O–H groups in total. The zero-order chi connectivity index (χ0) is 15.0. The van der Waals surface area contributed by atoms with Crippen LogP contribution in [0.25, 0.3) is 0 Å². The first-order valence-corrected chi connectivity index (χ1v) is 10.6. The summed E-state index contributed by atoms with van der Waals surface area (Å²) in [5.41, 5.74) is 5.56. The number of unbranched alkanes of at least 4 members (excludes halogenated alkanes) is 1. The smallest absolute Gasteiger partial charge is 0.330 e. The first-order valence-electron chi connectivity index (χ1n) is 8.88. The third-order valence-corrected chi connectivity index (χ3v) is 6.71. The number of hydrogen-bond donors (Lipinski definition) is 1. The molecule has 0 radical (unpaired) electrons. The van der Waals surface area contributed by atoms with Crippen LogP contribution in [0.1, 0.15) is 77.0 Å². The molecule has 0 bridgehead atoms. The summed E-state index contributed by atoms with van der Waals surface area (Å²) in [4.78, 5) is 0. The Kier molecular flexibility index (Phi) is 7.73. The van der Waals surface area contributed by atoms with E-state index in [1.807, 2.05) is 0 Å². The van der Waals surface area contributed by atoms with Crippen LogP contribution in [0.15, 0.2) is 0 Å². The predicted octanol–water partition coefficient (Wildman–Crippen LogP) is 4.62. The summed E-state index contributed by atoms with van der Waals surface area (Å²) >= 11 is 0. The highest BCUT2D eigenvalue weighted by Gasteiger charge is 2.32. The molecule has 0 aliphatic heterocycles. The van der Waals surface area contributed by atoms with Crippen LogP contribution < -0.4 is 5.73 Å². The van der Waals surface area contributed by atoms with E-state index in [2.05, 4.69) is 0 Å². The average molecular weight is 317 g/mol. The van der Waals surface area contributed by atoms with E-state index >= 15 is 0 Å². The first kappa shape index (κ1) is 17.5. The molecule has 124 valence electrons. The molecule has 21 heavy (non-hydrogen) atoms. The van der Waals surface area contributed by atoms with Crippen LogP contribution >= 0.6 is 7.60 Å². The summed E-state index contributed by atoms with van der Waals surface area (Å²) < 4.78 is 25.2. The van der Waals surface area contributed by atoms with Crippen LogP contribution in [-0.4, -0.2) is 24.9 Å². The van der Waals surface area contributed by atoms with Crippen molar-refractivity contribution in [3.63, 3.8) is 0 Å². The standard InChI is InChI=1S/C16H32NO3P/c17-13-7-8-14-21(18,19-15-9-3-1-4-10-15)20-16-11-5-2-6-12-16/h15-16H,1-14,17H2. The largest absolute Gasteiger partial charge is 0.331 e. The molecule has 4 nitrogen and oxygen atoms in total. The van der Waals surface area contributed by atoms with Crippen molar-refractivity contribution in [2.24, 2.45) is 5.73 Å². The number of hydrogen-bond acceptors (Lipinski definition) is 4. The fourth-order valence-electron chi connectivity index (χ4n) is 3.38. The quantitative estimate of drug-likeness (QED) is 0.524. The number of rotatable bonds is 8. The lowest BCUT2D eigenvalue weighted by Gasteiger charge is -2.31. The average Bonchev–Trinajstić information content (AvgIpc) is 2.49. The molecule has 0 aromatic carbocycles. The van der Waals surface area contributed by atoms with Crippen molar-refractivity contribution in [3.05, 3.63) is 0 Å². The van der Waals surface area contributed by atoms with Gasteiger partial charge in [0.05, 0.1) is 18.4 Å². The van der Waals surface area contributed by atoms with Gasteiger partial charge in [-0.15, -0.1) is 0 Å². The highest BCUT2D eigenvalue weighted by molar-refractivity contribution is 7.53. The fraction of sp³-hybridized carbons (Fsp3) is 1.00. The molecule has 0 aromatic heterocycles. The molecule has 0 spiro atoms. The molecule has 2 saturated carbocycles. The third-order valence-electron chi connectivity index (χ3n) is 4.61. The maximum atomic E-state index is 13.1. The lowest BCUT2D eigenvalue weighted by molar-refractivity contribution is 0.0789. The van der Waals surface area contributed by atoms with E-state index in [0.717, 1.165) is 38.5 Å². The summed E-state index contributed by atoms with van der Waals surface area (Å²) in [6.07, 6.45) is 14.0. The first-order chi connectivity index (χ1) is 10.2. The lowest BCUT2D eigenvalue weighted by atomic mass is 9.98. The molecule has 0 atom stereocenters. The molecule has 0 heterocycles. The predicted molar refractivity (Wildman–Crippen MR) is 86.7 cm³/mol. The van der Waals surface area contributed by atoms with Crippen molar-refractivity contribution >= 4 is 7.60 Å². The second-order valence-corrected chi connectivity index (χ2v) is 8.65. The van der Waals surface area contributed by atoms with E-state index in [-0.39, 0.29) is 12.2 Å². The third kappa shape index (κ3) is 6.40. The minimum atomic E-state index is -2.94. The van der Waals surface area contributed by atoms with Crippen LogP contribution in [0, 0.1) is 0 Å². The summed E-state index contributed by atoms with van der Waals surface area (Å²) in [6, 6.07) is 0. The molecule has 2 aliphatic rings. The van der Waals surface area contributed by atoms with Gasteiger partial charge in [0.15, 0.2) is 0 Å². The maximum Gasteiger partial charge on any atom is 0.331 e. The minimum absolute atomic E-state index is 0.144. The van der Waals surface area contributed by atoms with Gasteiger partial charge in [-0.25, -0.2) is 0 Å². The Balaban J connectivity index is 1.89. The monoisotopic (exact) mass is 317 g/mol. The molecular weight excluding hydrogens is 285 g/mol. The van der Waals surface area contributed by atoms with Gasteiger partial charge in [-0.1, -0.05) is 38.5 Å². The summed E-state index contributed by atoms with van der Waals surface area (Å²) in [7, 11) is -2.94. The molecule has 2 rings (SSSR count). The normalized spacial score (nSPS) is 22.5. The molecule has 0 unspecified atom stereocenters. The van der Waals surface area contributed by atoms with Crippen molar-refractivity contribution in [2.45, 2.75) is 89.3 Å². The maximum absolute atomic E-state index is 13.1. The van der Waals surface area contributed by atoms with E-state index in [1.165, 1.54) is 38.5 Å². The topological polar surface area (TPSA) is 61.6 Å². The summed E-state index contributed by atoms with van der Waals surface area (Å²) in [6.45, 7) is 0.646. The van der Waals surface area contributed by atoms with E-state index in [0.29, 0.717) is 12.7 Å². The summed E-state index contributed by atoms with van der Waals surface area (Å²) in [5.74, 6) is 0. The van der Waals surface area contributed by atoms with E-state index in [9.17, 15) is 4.57 Å². The SMILES string of the molecule is NCCCCP(=O)(OC1CCCCC1)OC1CCCCC1. The van der Waals surface area contributed by atoms with Crippen LogP contribution in [0.4, 0.5) is 0 Å². The minimum Gasteiger partial charge on any atom is -0.330 e. The van der Waals surface area contributed by atoms with Gasteiger partial charge in [0.25, 0.3) is 0 Å². The zero-order valence-corrected chi connectivity index (χ0v) is 14.2. The second kappa shape index (κ2) is 9.29. The molecule has 2 fully saturated rings. The second-order valence-electron chi connectivity index (χ2n) is 6.56. The van der Waals surface area contributed by atoms with E-state index in [1.54, 1.807) is 0 Å². The van der Waals surface area contributed by atoms with E-state index in [4.69, 9.17) is 14.8 Å².